The second-order valence-corrected chi connectivity index (χ2v) is 9.90. The largest absolute Gasteiger partial charge is 0.444 e. The van der Waals surface area contributed by atoms with Gasteiger partial charge in [-0.25, -0.2) is 4.79 Å². The van der Waals surface area contributed by atoms with Crippen molar-refractivity contribution in [2.75, 3.05) is 13.2 Å². The van der Waals surface area contributed by atoms with Crippen LogP contribution in [0.2, 0.25) is 0 Å². The molecule has 2 atom stereocenters. The van der Waals surface area contributed by atoms with E-state index >= 15 is 0 Å². The molecule has 0 spiro atoms. The number of aliphatic hydroxyl groups is 1. The summed E-state index contributed by atoms with van der Waals surface area (Å²) in [5, 5.41) is 10.9. The topological polar surface area (TPSA) is 53.0 Å². The van der Waals surface area contributed by atoms with E-state index in [1.54, 1.807) is 11.0 Å². The van der Waals surface area contributed by atoms with E-state index in [2.05, 4.69) is 35.7 Å². The number of hydrogen-bond donors (Lipinski definition) is 1. The zero-order valence-electron chi connectivity index (χ0n) is 21.6. The van der Waals surface area contributed by atoms with Crippen LogP contribution < -0.4 is 0 Å². The standard InChI is InChI=1S/C31H38N2O3/c1-5-21-33(30(35)36-31(2,3)4)29(27-19-13-8-14-20-27)28(24-34)32(22-25-15-9-6-10-16-25)23-26-17-11-7-12-18-26/h5-20,28-29,34H,1,21-24H2,2-4H3/t28-,29-/m0/s1. The molecule has 0 fully saturated rings. The molecule has 1 amide bonds. The highest BCUT2D eigenvalue weighted by molar-refractivity contribution is 5.69. The second-order valence-electron chi connectivity index (χ2n) is 9.90. The quantitative estimate of drug-likeness (QED) is 0.327. The van der Waals surface area contributed by atoms with Gasteiger partial charge in [0.2, 0.25) is 0 Å². The Labute approximate surface area is 215 Å². The molecule has 0 saturated heterocycles. The van der Waals surface area contributed by atoms with Crippen LogP contribution >= 0.6 is 0 Å². The van der Waals surface area contributed by atoms with Crippen LogP contribution in [-0.2, 0) is 17.8 Å². The molecule has 5 nitrogen and oxygen atoms in total. The van der Waals surface area contributed by atoms with E-state index < -0.39 is 23.8 Å². The SMILES string of the molecule is C=CCN(C(=O)OC(C)(C)C)[C@@H](c1ccccc1)[C@H](CO)N(Cc1ccccc1)Cc1ccccc1. The summed E-state index contributed by atoms with van der Waals surface area (Å²) in [7, 11) is 0. The number of nitrogens with zero attached hydrogens (tertiary/aromatic N) is 2. The van der Waals surface area contributed by atoms with Crippen molar-refractivity contribution < 1.29 is 14.6 Å². The highest BCUT2D eigenvalue weighted by atomic mass is 16.6. The Morgan fingerprint density at radius 2 is 1.36 bits per heavy atom. The molecular formula is C31H38N2O3. The van der Waals surface area contributed by atoms with Gasteiger partial charge in [-0.3, -0.25) is 9.80 Å². The van der Waals surface area contributed by atoms with Crippen LogP contribution in [0.5, 0.6) is 0 Å². The second kappa shape index (κ2) is 13.1. The lowest BCUT2D eigenvalue weighted by Crippen LogP contribution is -2.50. The van der Waals surface area contributed by atoms with Gasteiger partial charge in [0, 0.05) is 19.6 Å². The Bertz CT molecular complexity index is 1020. The summed E-state index contributed by atoms with van der Waals surface area (Å²) in [6.45, 7) is 10.8. The van der Waals surface area contributed by atoms with Crippen molar-refractivity contribution >= 4 is 6.09 Å². The lowest BCUT2D eigenvalue weighted by Gasteiger charge is -2.42. The van der Waals surface area contributed by atoms with Gasteiger partial charge in [0.15, 0.2) is 0 Å². The number of benzene rings is 3. The zero-order valence-corrected chi connectivity index (χ0v) is 21.6. The molecule has 3 rings (SSSR count). The fraction of sp³-hybridized carbons (Fsp3) is 0.323. The number of rotatable bonds is 11. The van der Waals surface area contributed by atoms with Crippen LogP contribution in [-0.4, -0.2) is 45.8 Å². The van der Waals surface area contributed by atoms with Gasteiger partial charge >= 0.3 is 6.09 Å². The molecule has 0 aliphatic heterocycles. The Morgan fingerprint density at radius 3 is 1.78 bits per heavy atom. The minimum atomic E-state index is -0.653. The minimum absolute atomic E-state index is 0.143. The van der Waals surface area contributed by atoms with E-state index in [1.807, 2.05) is 87.5 Å². The van der Waals surface area contributed by atoms with Gasteiger partial charge in [0.25, 0.3) is 0 Å². The van der Waals surface area contributed by atoms with Gasteiger partial charge in [0.1, 0.15) is 5.60 Å². The van der Waals surface area contributed by atoms with Gasteiger partial charge in [0.05, 0.1) is 18.7 Å². The molecule has 190 valence electrons. The minimum Gasteiger partial charge on any atom is -0.444 e. The Hall–Kier alpha value is -3.41. The normalized spacial score (nSPS) is 13.1. The van der Waals surface area contributed by atoms with Gasteiger partial charge in [-0.1, -0.05) is 97.1 Å². The molecule has 0 radical (unpaired) electrons. The Morgan fingerprint density at radius 1 is 0.889 bits per heavy atom. The van der Waals surface area contributed by atoms with Crippen molar-refractivity contribution in [3.8, 4) is 0 Å². The van der Waals surface area contributed by atoms with E-state index in [9.17, 15) is 9.90 Å². The Kier molecular flexibility index (Phi) is 9.86. The molecule has 36 heavy (non-hydrogen) atoms. The third-order valence-corrected chi connectivity index (χ3v) is 5.91. The van der Waals surface area contributed by atoms with Crippen LogP contribution in [0, 0.1) is 0 Å². The fourth-order valence-electron chi connectivity index (χ4n) is 4.36. The number of carbonyl (C=O) groups is 1. The van der Waals surface area contributed by atoms with E-state index in [-0.39, 0.29) is 13.2 Å². The van der Waals surface area contributed by atoms with Gasteiger partial charge in [-0.05, 0) is 37.5 Å². The Balaban J connectivity index is 2.08. The summed E-state index contributed by atoms with van der Waals surface area (Å²) in [6.07, 6.45) is 1.27. The summed E-state index contributed by atoms with van der Waals surface area (Å²) in [5.74, 6) is 0. The molecule has 1 N–H and O–H groups in total. The molecule has 0 aliphatic carbocycles. The number of aliphatic hydroxyl groups excluding tert-OH is 1. The first-order valence-corrected chi connectivity index (χ1v) is 12.4. The van der Waals surface area contributed by atoms with Crippen molar-refractivity contribution in [3.63, 3.8) is 0 Å². The number of carbonyl (C=O) groups excluding carboxylic acids is 1. The van der Waals surface area contributed by atoms with Crippen LogP contribution in [0.25, 0.3) is 0 Å². The maximum absolute atomic E-state index is 13.5. The van der Waals surface area contributed by atoms with E-state index in [0.29, 0.717) is 13.1 Å². The molecule has 0 heterocycles. The molecule has 0 unspecified atom stereocenters. The average molecular weight is 487 g/mol. The maximum atomic E-state index is 13.5. The molecule has 3 aromatic carbocycles. The van der Waals surface area contributed by atoms with Gasteiger partial charge < -0.3 is 9.84 Å². The molecule has 0 aliphatic rings. The monoisotopic (exact) mass is 486 g/mol. The lowest BCUT2D eigenvalue weighted by atomic mass is 9.95. The average Bonchev–Trinajstić information content (AvgIpc) is 2.86. The van der Waals surface area contributed by atoms with Crippen LogP contribution in [0.15, 0.2) is 104 Å². The molecular weight excluding hydrogens is 448 g/mol. The smallest absolute Gasteiger partial charge is 0.411 e. The van der Waals surface area contributed by atoms with Crippen molar-refractivity contribution in [1.29, 1.82) is 0 Å². The maximum Gasteiger partial charge on any atom is 0.411 e. The first kappa shape index (κ1) is 27.2. The summed E-state index contributed by atoms with van der Waals surface area (Å²) in [4.78, 5) is 17.4. The number of amides is 1. The molecule has 0 saturated carbocycles. The third-order valence-electron chi connectivity index (χ3n) is 5.91. The van der Waals surface area contributed by atoms with Gasteiger partial charge in [-0.2, -0.15) is 0 Å². The lowest BCUT2D eigenvalue weighted by molar-refractivity contribution is -0.00612. The molecule has 5 heteroatoms. The molecule has 3 aromatic rings. The van der Waals surface area contributed by atoms with Crippen LogP contribution in [0.3, 0.4) is 0 Å². The molecule has 0 bridgehead atoms. The molecule has 0 aromatic heterocycles. The first-order valence-electron chi connectivity index (χ1n) is 12.4. The zero-order chi connectivity index (χ0) is 26.0. The predicted molar refractivity (Wildman–Crippen MR) is 145 cm³/mol. The number of ether oxygens (including phenoxy) is 1. The van der Waals surface area contributed by atoms with Crippen molar-refractivity contribution in [2.45, 2.75) is 51.5 Å². The highest BCUT2D eigenvalue weighted by Gasteiger charge is 2.37. The van der Waals surface area contributed by atoms with Crippen molar-refractivity contribution in [2.24, 2.45) is 0 Å². The summed E-state index contributed by atoms with van der Waals surface area (Å²) < 4.78 is 5.80. The third kappa shape index (κ3) is 7.80. The summed E-state index contributed by atoms with van der Waals surface area (Å²) in [5.41, 5.74) is 2.54. The highest BCUT2D eigenvalue weighted by Crippen LogP contribution is 2.31. The first-order chi connectivity index (χ1) is 17.3. The summed E-state index contributed by atoms with van der Waals surface area (Å²) in [6, 6.07) is 29.4. The predicted octanol–water partition coefficient (Wildman–Crippen LogP) is 6.21. The van der Waals surface area contributed by atoms with Crippen LogP contribution in [0.4, 0.5) is 4.79 Å². The van der Waals surface area contributed by atoms with Crippen molar-refractivity contribution in [3.05, 3.63) is 120 Å². The fourth-order valence-corrected chi connectivity index (χ4v) is 4.36. The van der Waals surface area contributed by atoms with E-state index in [0.717, 1.165) is 16.7 Å². The van der Waals surface area contributed by atoms with E-state index in [4.69, 9.17) is 4.74 Å². The van der Waals surface area contributed by atoms with Gasteiger partial charge in [-0.15, -0.1) is 6.58 Å². The van der Waals surface area contributed by atoms with E-state index in [1.165, 1.54) is 0 Å². The van der Waals surface area contributed by atoms with Crippen molar-refractivity contribution in [1.82, 2.24) is 9.80 Å². The number of hydrogen-bond acceptors (Lipinski definition) is 4. The van der Waals surface area contributed by atoms with Crippen LogP contribution in [0.1, 0.15) is 43.5 Å². The summed E-state index contributed by atoms with van der Waals surface area (Å²) >= 11 is 0.